The second kappa shape index (κ2) is 9.70. The van der Waals surface area contributed by atoms with Crippen LogP contribution in [0, 0.1) is 0 Å². The largest absolute Gasteiger partial charge is 0.481 e. The highest BCUT2D eigenvalue weighted by Crippen LogP contribution is 1.91. The number of carbonyl (C=O) groups is 3. The van der Waals surface area contributed by atoms with E-state index in [0.29, 0.717) is 6.61 Å². The summed E-state index contributed by atoms with van der Waals surface area (Å²) in [6, 6.07) is 0. The zero-order chi connectivity index (χ0) is 13.1. The van der Waals surface area contributed by atoms with Crippen LogP contribution in [-0.4, -0.2) is 29.6 Å². The summed E-state index contributed by atoms with van der Waals surface area (Å²) in [6.07, 6.45) is -0.192. The molecule has 0 aromatic rings. The van der Waals surface area contributed by atoms with Crippen LogP contribution in [0.3, 0.4) is 0 Å². The van der Waals surface area contributed by atoms with Crippen molar-refractivity contribution in [2.75, 3.05) is 6.61 Å². The van der Waals surface area contributed by atoms with E-state index >= 15 is 0 Å². The third-order valence-corrected chi connectivity index (χ3v) is 1.20. The predicted molar refractivity (Wildman–Crippen MR) is 54.0 cm³/mol. The van der Waals surface area contributed by atoms with E-state index in [-0.39, 0.29) is 18.4 Å². The molecule has 1 radical (unpaired) electrons. The molecule has 0 amide bonds. The lowest BCUT2D eigenvalue weighted by molar-refractivity contribution is -0.147. The maximum atomic E-state index is 10.5. The van der Waals surface area contributed by atoms with Crippen molar-refractivity contribution >= 4 is 17.9 Å². The van der Waals surface area contributed by atoms with Gasteiger partial charge in [0.15, 0.2) is 0 Å². The van der Waals surface area contributed by atoms with Crippen LogP contribution in [0.15, 0.2) is 12.2 Å². The Labute approximate surface area is 93.5 Å². The molecule has 0 atom stereocenters. The Morgan fingerprint density at radius 1 is 1.25 bits per heavy atom. The molecule has 6 nitrogen and oxygen atoms in total. The topological polar surface area (TPSA) is 101 Å². The van der Waals surface area contributed by atoms with E-state index in [1.807, 2.05) is 0 Å². The first kappa shape index (κ1) is 16.6. The van der Waals surface area contributed by atoms with Gasteiger partial charge in [-0.25, -0.2) is 9.90 Å². The molecule has 1 N–H and O–H groups in total. The molecule has 0 rings (SSSR count). The summed E-state index contributed by atoms with van der Waals surface area (Å²) in [5.74, 6) is -2.62. The van der Waals surface area contributed by atoms with Gasteiger partial charge < -0.3 is 9.84 Å². The number of hydrogen-bond donors (Lipinski definition) is 1. The fraction of sp³-hybridized carbons (Fsp3) is 0.500. The number of carboxylic acid groups (broad SMARTS) is 1. The lowest BCUT2D eigenvalue weighted by Crippen LogP contribution is -2.06. The standard InChI is InChI=1S/C6H10O4.C4H5O2/c1-2-10-6(9)4-3-5(7)8;1-3(2)4(5)6/h2-4H2,1H3,(H,7,8);1H2,2H3. The van der Waals surface area contributed by atoms with Crippen LogP contribution >= 0.6 is 0 Å². The van der Waals surface area contributed by atoms with Gasteiger partial charge in [0.2, 0.25) is 0 Å². The normalized spacial score (nSPS) is 8.38. The zero-order valence-corrected chi connectivity index (χ0v) is 9.32. The monoisotopic (exact) mass is 231 g/mol. The fourth-order valence-electron chi connectivity index (χ4n) is 0.442. The fourth-order valence-corrected chi connectivity index (χ4v) is 0.442. The predicted octanol–water partition coefficient (Wildman–Crippen LogP) is 0.934. The van der Waals surface area contributed by atoms with Gasteiger partial charge in [0.05, 0.1) is 19.4 Å². The van der Waals surface area contributed by atoms with Crippen LogP contribution in [0.5, 0.6) is 0 Å². The minimum Gasteiger partial charge on any atom is -0.481 e. The SMILES string of the molecule is C=C(C)C([O])=O.CCOC(=O)CCC(=O)O. The summed E-state index contributed by atoms with van der Waals surface area (Å²) in [5, 5.41) is 17.6. The molecule has 16 heavy (non-hydrogen) atoms. The van der Waals surface area contributed by atoms with Gasteiger partial charge in [-0.15, -0.1) is 0 Å². The summed E-state index contributed by atoms with van der Waals surface area (Å²) in [4.78, 5) is 29.9. The summed E-state index contributed by atoms with van der Waals surface area (Å²) < 4.78 is 4.49. The lowest BCUT2D eigenvalue weighted by atomic mass is 10.3. The number of aliphatic carboxylic acids is 1. The van der Waals surface area contributed by atoms with E-state index in [0.717, 1.165) is 0 Å². The molecule has 0 unspecified atom stereocenters. The Hall–Kier alpha value is -1.85. The number of rotatable bonds is 5. The summed E-state index contributed by atoms with van der Waals surface area (Å²) in [6.45, 7) is 6.46. The van der Waals surface area contributed by atoms with Crippen molar-refractivity contribution < 1.29 is 29.3 Å². The lowest BCUT2D eigenvalue weighted by Gasteiger charge is -1.97. The van der Waals surface area contributed by atoms with Crippen LogP contribution in [0.1, 0.15) is 26.7 Å². The number of carboxylic acids is 1. The second-order valence-corrected chi connectivity index (χ2v) is 2.77. The number of hydrogen-bond acceptors (Lipinski definition) is 4. The number of ether oxygens (including phenoxy) is 1. The quantitative estimate of drug-likeness (QED) is 0.560. The van der Waals surface area contributed by atoms with E-state index in [1.165, 1.54) is 6.92 Å². The maximum Gasteiger partial charge on any atom is 0.381 e. The molecule has 0 fully saturated rings. The molecule has 0 aromatic heterocycles. The van der Waals surface area contributed by atoms with Gasteiger partial charge in [-0.05, 0) is 13.8 Å². The van der Waals surface area contributed by atoms with Crippen LogP contribution in [-0.2, 0) is 24.2 Å². The van der Waals surface area contributed by atoms with Crippen molar-refractivity contribution in [2.24, 2.45) is 0 Å². The Morgan fingerprint density at radius 2 is 1.69 bits per heavy atom. The highest BCUT2D eigenvalue weighted by atomic mass is 16.5. The van der Waals surface area contributed by atoms with Gasteiger partial charge in [0.25, 0.3) is 0 Å². The Balaban J connectivity index is 0. The van der Waals surface area contributed by atoms with E-state index in [2.05, 4.69) is 11.3 Å². The Morgan fingerprint density at radius 3 is 1.94 bits per heavy atom. The van der Waals surface area contributed by atoms with Gasteiger partial charge in [0, 0.05) is 5.57 Å². The average molecular weight is 231 g/mol. The molecule has 0 bridgehead atoms. The molecular weight excluding hydrogens is 216 g/mol. The Kier molecular flexibility index (Phi) is 10.0. The summed E-state index contributed by atoms with van der Waals surface area (Å²) >= 11 is 0. The third kappa shape index (κ3) is 14.7. The molecule has 6 heteroatoms. The smallest absolute Gasteiger partial charge is 0.381 e. The van der Waals surface area contributed by atoms with E-state index in [1.54, 1.807) is 6.92 Å². The molecule has 0 spiro atoms. The van der Waals surface area contributed by atoms with E-state index in [4.69, 9.17) is 5.11 Å². The molecule has 0 aromatic carbocycles. The average Bonchev–Trinajstić information content (AvgIpc) is 2.16. The van der Waals surface area contributed by atoms with Crippen molar-refractivity contribution in [3.63, 3.8) is 0 Å². The van der Waals surface area contributed by atoms with Crippen molar-refractivity contribution in [1.29, 1.82) is 0 Å². The Bertz CT molecular complexity index is 256. The number of esters is 1. The van der Waals surface area contributed by atoms with Crippen molar-refractivity contribution in [3.8, 4) is 0 Å². The summed E-state index contributed by atoms with van der Waals surface area (Å²) in [5.41, 5.74) is 0.0648. The first-order chi connectivity index (χ1) is 7.31. The minimum atomic E-state index is -1.19. The van der Waals surface area contributed by atoms with E-state index in [9.17, 15) is 19.5 Å². The van der Waals surface area contributed by atoms with Gasteiger partial charge in [-0.3, -0.25) is 9.59 Å². The molecule has 0 saturated carbocycles. The van der Waals surface area contributed by atoms with Crippen molar-refractivity contribution in [1.82, 2.24) is 0 Å². The number of carbonyl (C=O) groups excluding carboxylic acids is 2. The maximum absolute atomic E-state index is 10.5. The first-order valence-corrected chi connectivity index (χ1v) is 4.55. The van der Waals surface area contributed by atoms with Crippen LogP contribution < -0.4 is 0 Å². The molecule has 91 valence electrons. The molecule has 0 saturated heterocycles. The molecule has 0 aliphatic carbocycles. The second-order valence-electron chi connectivity index (χ2n) is 2.77. The van der Waals surface area contributed by atoms with Gasteiger partial charge in [-0.2, -0.15) is 0 Å². The molecule has 0 heterocycles. The highest BCUT2D eigenvalue weighted by Gasteiger charge is 2.04. The first-order valence-electron chi connectivity index (χ1n) is 4.55. The van der Waals surface area contributed by atoms with Crippen molar-refractivity contribution in [2.45, 2.75) is 26.7 Å². The zero-order valence-electron chi connectivity index (χ0n) is 9.32. The molecule has 0 aliphatic rings. The minimum absolute atomic E-state index is 0.0385. The van der Waals surface area contributed by atoms with Gasteiger partial charge in [0.1, 0.15) is 0 Å². The molecular formula is C10H15O6. The molecule has 0 aliphatic heterocycles. The van der Waals surface area contributed by atoms with Gasteiger partial charge in [-0.1, -0.05) is 6.58 Å². The van der Waals surface area contributed by atoms with Crippen LogP contribution in [0.25, 0.3) is 0 Å². The van der Waals surface area contributed by atoms with Crippen LogP contribution in [0.2, 0.25) is 0 Å². The van der Waals surface area contributed by atoms with E-state index < -0.39 is 17.9 Å². The highest BCUT2D eigenvalue weighted by molar-refractivity contribution is 5.84. The van der Waals surface area contributed by atoms with Gasteiger partial charge >= 0.3 is 17.9 Å². The summed E-state index contributed by atoms with van der Waals surface area (Å²) in [7, 11) is 0. The van der Waals surface area contributed by atoms with Crippen molar-refractivity contribution in [3.05, 3.63) is 12.2 Å². The third-order valence-electron chi connectivity index (χ3n) is 1.20. The van der Waals surface area contributed by atoms with Crippen LogP contribution in [0.4, 0.5) is 0 Å².